The van der Waals surface area contributed by atoms with Crippen LogP contribution in [0.15, 0.2) is 23.6 Å². The first-order valence-corrected chi connectivity index (χ1v) is 6.44. The van der Waals surface area contributed by atoms with Gasteiger partial charge in [0, 0.05) is 17.1 Å². The maximum absolute atomic E-state index is 12.8. The number of ether oxygens (including phenoxy) is 2. The summed E-state index contributed by atoms with van der Waals surface area (Å²) >= 11 is 1.56. The standard InChI is InChI=1S/C12H10F2N2O2S/c1-7-16-9(6-19-7)5-15-8-2-3-10-11(4-8)18-12(13,14)17-10/h2-4,6,15H,5H2,1H3. The van der Waals surface area contributed by atoms with E-state index in [0.717, 1.165) is 10.7 Å². The topological polar surface area (TPSA) is 43.4 Å². The van der Waals surface area contributed by atoms with Crippen LogP contribution >= 0.6 is 11.3 Å². The van der Waals surface area contributed by atoms with Crippen LogP contribution in [0.4, 0.5) is 14.5 Å². The second kappa shape index (κ2) is 4.34. The van der Waals surface area contributed by atoms with Crippen LogP contribution in [-0.4, -0.2) is 11.3 Å². The van der Waals surface area contributed by atoms with Crippen LogP contribution < -0.4 is 14.8 Å². The molecule has 100 valence electrons. The van der Waals surface area contributed by atoms with Gasteiger partial charge in [-0.1, -0.05) is 0 Å². The molecule has 19 heavy (non-hydrogen) atoms. The summed E-state index contributed by atoms with van der Waals surface area (Å²) in [5.41, 5.74) is 1.58. The van der Waals surface area contributed by atoms with Crippen molar-refractivity contribution in [3.05, 3.63) is 34.3 Å². The monoisotopic (exact) mass is 284 g/mol. The zero-order valence-electron chi connectivity index (χ0n) is 9.94. The van der Waals surface area contributed by atoms with Gasteiger partial charge in [0.2, 0.25) is 0 Å². The van der Waals surface area contributed by atoms with Crippen LogP contribution in [0.5, 0.6) is 11.5 Å². The molecular weight excluding hydrogens is 274 g/mol. The number of alkyl halides is 2. The molecule has 0 fully saturated rings. The molecule has 0 amide bonds. The predicted octanol–water partition coefficient (Wildman–Crippen LogP) is 3.39. The van der Waals surface area contributed by atoms with Gasteiger partial charge < -0.3 is 14.8 Å². The molecule has 1 aromatic carbocycles. The van der Waals surface area contributed by atoms with Gasteiger partial charge in [-0.2, -0.15) is 0 Å². The van der Waals surface area contributed by atoms with Crippen molar-refractivity contribution in [2.75, 3.05) is 5.32 Å². The summed E-state index contributed by atoms with van der Waals surface area (Å²) in [6.07, 6.45) is -3.58. The van der Waals surface area contributed by atoms with E-state index in [9.17, 15) is 8.78 Å². The van der Waals surface area contributed by atoms with Crippen molar-refractivity contribution in [1.82, 2.24) is 4.98 Å². The number of hydrogen-bond acceptors (Lipinski definition) is 5. The molecule has 0 saturated carbocycles. The van der Waals surface area contributed by atoms with Crippen LogP contribution in [0.2, 0.25) is 0 Å². The number of fused-ring (bicyclic) bond motifs is 1. The number of hydrogen-bond donors (Lipinski definition) is 1. The van der Waals surface area contributed by atoms with E-state index in [1.807, 2.05) is 12.3 Å². The lowest BCUT2D eigenvalue weighted by atomic mass is 10.2. The van der Waals surface area contributed by atoms with E-state index in [-0.39, 0.29) is 11.5 Å². The minimum absolute atomic E-state index is 0.0319. The second-order valence-electron chi connectivity index (χ2n) is 4.04. The van der Waals surface area contributed by atoms with Crippen molar-refractivity contribution in [2.45, 2.75) is 19.8 Å². The fourth-order valence-electron chi connectivity index (χ4n) is 1.74. The molecule has 1 aliphatic rings. The van der Waals surface area contributed by atoms with Crippen LogP contribution in [0, 0.1) is 6.92 Å². The Morgan fingerprint density at radius 2 is 2.11 bits per heavy atom. The zero-order valence-corrected chi connectivity index (χ0v) is 10.8. The highest BCUT2D eigenvalue weighted by Crippen LogP contribution is 2.42. The van der Waals surface area contributed by atoms with E-state index in [2.05, 4.69) is 19.8 Å². The van der Waals surface area contributed by atoms with E-state index >= 15 is 0 Å². The molecule has 0 spiro atoms. The highest BCUT2D eigenvalue weighted by Gasteiger charge is 2.43. The maximum atomic E-state index is 12.8. The van der Waals surface area contributed by atoms with Crippen molar-refractivity contribution >= 4 is 17.0 Å². The highest BCUT2D eigenvalue weighted by molar-refractivity contribution is 7.09. The molecule has 1 aliphatic heterocycles. The predicted molar refractivity (Wildman–Crippen MR) is 66.8 cm³/mol. The molecule has 0 atom stereocenters. The average Bonchev–Trinajstić information content (AvgIpc) is 2.87. The lowest BCUT2D eigenvalue weighted by Gasteiger charge is -2.05. The molecule has 0 bridgehead atoms. The first-order chi connectivity index (χ1) is 9.02. The summed E-state index contributed by atoms with van der Waals surface area (Å²) in [5.74, 6) is 0.0736. The number of aromatic nitrogens is 1. The summed E-state index contributed by atoms with van der Waals surface area (Å²) in [7, 11) is 0. The molecule has 0 aliphatic carbocycles. The molecule has 0 saturated heterocycles. The molecule has 1 aromatic heterocycles. The Hall–Kier alpha value is -1.89. The Labute approximate surface area is 112 Å². The van der Waals surface area contributed by atoms with Gasteiger partial charge in [0.1, 0.15) is 0 Å². The number of aryl methyl sites for hydroxylation is 1. The number of thiazole rings is 1. The lowest BCUT2D eigenvalue weighted by Crippen LogP contribution is -2.25. The molecular formula is C12H10F2N2O2S. The minimum Gasteiger partial charge on any atom is -0.395 e. The second-order valence-corrected chi connectivity index (χ2v) is 5.10. The van der Waals surface area contributed by atoms with E-state index in [1.165, 1.54) is 12.1 Å². The molecule has 1 N–H and O–H groups in total. The van der Waals surface area contributed by atoms with Crippen molar-refractivity contribution in [3.8, 4) is 11.5 Å². The number of nitrogens with one attached hydrogen (secondary N) is 1. The van der Waals surface area contributed by atoms with Crippen LogP contribution in [0.1, 0.15) is 10.7 Å². The van der Waals surface area contributed by atoms with Gasteiger partial charge in [-0.05, 0) is 19.1 Å². The molecule has 2 aromatic rings. The molecule has 3 rings (SSSR count). The summed E-state index contributed by atoms with van der Waals surface area (Å²) in [4.78, 5) is 4.30. The number of anilines is 1. The van der Waals surface area contributed by atoms with Gasteiger partial charge in [0.05, 0.1) is 17.2 Å². The van der Waals surface area contributed by atoms with Gasteiger partial charge in [-0.3, -0.25) is 0 Å². The van der Waals surface area contributed by atoms with E-state index in [1.54, 1.807) is 17.4 Å². The smallest absolute Gasteiger partial charge is 0.395 e. The summed E-state index contributed by atoms with van der Waals surface area (Å²) in [5, 5.41) is 6.03. The zero-order chi connectivity index (χ0) is 13.5. The Morgan fingerprint density at radius 3 is 2.84 bits per heavy atom. The Kier molecular flexibility index (Phi) is 2.78. The first-order valence-electron chi connectivity index (χ1n) is 5.57. The molecule has 2 heterocycles. The lowest BCUT2D eigenvalue weighted by molar-refractivity contribution is -0.286. The van der Waals surface area contributed by atoms with Gasteiger partial charge in [0.15, 0.2) is 11.5 Å². The van der Waals surface area contributed by atoms with Crippen molar-refractivity contribution in [1.29, 1.82) is 0 Å². The third kappa shape index (κ3) is 2.60. The normalized spacial score (nSPS) is 15.5. The Balaban J connectivity index is 1.70. The Bertz CT molecular complexity index is 616. The van der Waals surface area contributed by atoms with Crippen LogP contribution in [-0.2, 0) is 6.54 Å². The van der Waals surface area contributed by atoms with Gasteiger partial charge in [0.25, 0.3) is 0 Å². The molecule has 0 radical (unpaired) electrons. The molecule has 7 heteroatoms. The van der Waals surface area contributed by atoms with Crippen molar-refractivity contribution < 1.29 is 18.3 Å². The van der Waals surface area contributed by atoms with E-state index in [0.29, 0.717) is 12.2 Å². The fraction of sp³-hybridized carbons (Fsp3) is 0.250. The van der Waals surface area contributed by atoms with E-state index in [4.69, 9.17) is 0 Å². The summed E-state index contributed by atoms with van der Waals surface area (Å²) in [6, 6.07) is 4.59. The van der Waals surface area contributed by atoms with Crippen molar-refractivity contribution in [2.24, 2.45) is 0 Å². The largest absolute Gasteiger partial charge is 0.586 e. The number of rotatable bonds is 3. The summed E-state index contributed by atoms with van der Waals surface area (Å²) < 4.78 is 34.4. The van der Waals surface area contributed by atoms with Gasteiger partial charge >= 0.3 is 6.29 Å². The maximum Gasteiger partial charge on any atom is 0.586 e. The Morgan fingerprint density at radius 1 is 1.32 bits per heavy atom. The molecule has 4 nitrogen and oxygen atoms in total. The van der Waals surface area contributed by atoms with Crippen LogP contribution in [0.25, 0.3) is 0 Å². The number of benzene rings is 1. The average molecular weight is 284 g/mol. The minimum atomic E-state index is -3.58. The number of nitrogens with zero attached hydrogens (tertiary/aromatic N) is 1. The SMILES string of the molecule is Cc1nc(CNc2ccc3c(c2)OC(F)(F)O3)cs1. The third-order valence-electron chi connectivity index (χ3n) is 2.54. The van der Waals surface area contributed by atoms with Gasteiger partial charge in [-0.15, -0.1) is 20.1 Å². The molecule has 0 unspecified atom stereocenters. The third-order valence-corrected chi connectivity index (χ3v) is 3.36. The van der Waals surface area contributed by atoms with Crippen LogP contribution in [0.3, 0.4) is 0 Å². The van der Waals surface area contributed by atoms with Gasteiger partial charge in [-0.25, -0.2) is 4.98 Å². The van der Waals surface area contributed by atoms with Crippen molar-refractivity contribution in [3.63, 3.8) is 0 Å². The van der Waals surface area contributed by atoms with E-state index < -0.39 is 6.29 Å². The fourth-order valence-corrected chi connectivity index (χ4v) is 2.35. The number of halogens is 2. The first kappa shape index (κ1) is 12.2. The summed E-state index contributed by atoms with van der Waals surface area (Å²) in [6.45, 7) is 2.46. The quantitative estimate of drug-likeness (QED) is 0.938. The highest BCUT2D eigenvalue weighted by atomic mass is 32.1.